The van der Waals surface area contributed by atoms with E-state index in [1.165, 1.54) is 18.4 Å². The van der Waals surface area contributed by atoms with Gasteiger partial charge in [0.2, 0.25) is 0 Å². The second-order valence-corrected chi connectivity index (χ2v) is 9.01. The molecule has 0 unspecified atom stereocenters. The molecule has 2 aromatic rings. The van der Waals surface area contributed by atoms with Gasteiger partial charge in [0.25, 0.3) is 5.56 Å². The number of nitrogens with one attached hydrogen (secondary N) is 2. The molecular formula is C23H34N4OS. The first kappa shape index (κ1) is 21.8. The Morgan fingerprint density at radius 3 is 2.62 bits per heavy atom. The van der Waals surface area contributed by atoms with Crippen LogP contribution in [0.15, 0.2) is 23.0 Å². The smallest absolute Gasteiger partial charge is 0.253 e. The zero-order chi connectivity index (χ0) is 21.0. The van der Waals surface area contributed by atoms with Crippen molar-refractivity contribution in [3.63, 3.8) is 0 Å². The van der Waals surface area contributed by atoms with E-state index < -0.39 is 0 Å². The molecular weight excluding hydrogens is 380 g/mol. The Morgan fingerprint density at radius 2 is 1.93 bits per heavy atom. The number of hydrogen-bond acceptors (Lipinski definition) is 3. The van der Waals surface area contributed by atoms with Crippen molar-refractivity contribution < 1.29 is 0 Å². The number of rotatable bonds is 7. The lowest BCUT2D eigenvalue weighted by atomic mass is 10.0. The topological polar surface area (TPSA) is 51.4 Å². The van der Waals surface area contributed by atoms with E-state index in [1.807, 2.05) is 13.0 Å². The molecule has 2 N–H and O–H groups in total. The molecule has 1 aliphatic carbocycles. The van der Waals surface area contributed by atoms with Crippen LogP contribution in [0.2, 0.25) is 0 Å². The maximum atomic E-state index is 12.8. The Morgan fingerprint density at radius 1 is 1.21 bits per heavy atom. The summed E-state index contributed by atoms with van der Waals surface area (Å²) >= 11 is 5.76. The minimum Gasteiger partial charge on any atom is -0.363 e. The molecule has 1 heterocycles. The summed E-state index contributed by atoms with van der Waals surface area (Å²) in [6.45, 7) is 6.58. The summed E-state index contributed by atoms with van der Waals surface area (Å²) in [6, 6.07) is 6.71. The molecule has 0 atom stereocenters. The third-order valence-corrected chi connectivity index (χ3v) is 6.17. The number of aromatic amines is 1. The minimum atomic E-state index is -0.0112. The van der Waals surface area contributed by atoms with E-state index in [1.54, 1.807) is 0 Å². The highest BCUT2D eigenvalue weighted by molar-refractivity contribution is 7.80. The molecule has 1 aromatic heterocycles. The Bertz CT molecular complexity index is 915. The maximum Gasteiger partial charge on any atom is 0.253 e. The number of benzene rings is 1. The third kappa shape index (κ3) is 5.58. The van der Waals surface area contributed by atoms with E-state index in [4.69, 9.17) is 12.2 Å². The van der Waals surface area contributed by atoms with Gasteiger partial charge in [-0.15, -0.1) is 0 Å². The van der Waals surface area contributed by atoms with Crippen molar-refractivity contribution in [2.75, 3.05) is 27.2 Å². The fourth-order valence-electron chi connectivity index (χ4n) is 4.31. The van der Waals surface area contributed by atoms with Gasteiger partial charge >= 0.3 is 0 Å². The monoisotopic (exact) mass is 414 g/mol. The Balaban J connectivity index is 1.81. The lowest BCUT2D eigenvalue weighted by Gasteiger charge is -2.31. The summed E-state index contributed by atoms with van der Waals surface area (Å²) in [5.41, 5.74) is 4.02. The fourth-order valence-corrected chi connectivity index (χ4v) is 4.62. The fraction of sp³-hybridized carbons (Fsp3) is 0.565. The Hall–Kier alpha value is -1.92. The average Bonchev–Trinajstić information content (AvgIpc) is 3.18. The van der Waals surface area contributed by atoms with Gasteiger partial charge in [0.1, 0.15) is 0 Å². The summed E-state index contributed by atoms with van der Waals surface area (Å²) in [5, 5.41) is 5.29. The molecule has 1 saturated carbocycles. The molecule has 1 fully saturated rings. The first-order valence-electron chi connectivity index (χ1n) is 10.7. The predicted molar refractivity (Wildman–Crippen MR) is 126 cm³/mol. The van der Waals surface area contributed by atoms with Crippen LogP contribution in [0, 0.1) is 13.8 Å². The molecule has 5 nitrogen and oxygen atoms in total. The highest BCUT2D eigenvalue weighted by atomic mass is 32.1. The van der Waals surface area contributed by atoms with Gasteiger partial charge in [-0.3, -0.25) is 4.79 Å². The van der Waals surface area contributed by atoms with Gasteiger partial charge in [-0.05, 0) is 89.1 Å². The van der Waals surface area contributed by atoms with Gasteiger partial charge in [-0.25, -0.2) is 0 Å². The minimum absolute atomic E-state index is 0.0112. The molecule has 0 radical (unpaired) electrons. The van der Waals surface area contributed by atoms with E-state index >= 15 is 0 Å². The quantitative estimate of drug-likeness (QED) is 0.534. The Kier molecular flexibility index (Phi) is 7.30. The molecule has 0 amide bonds. The number of pyridine rings is 1. The van der Waals surface area contributed by atoms with Crippen LogP contribution < -0.4 is 10.9 Å². The van der Waals surface area contributed by atoms with Gasteiger partial charge in [-0.1, -0.05) is 24.5 Å². The zero-order valence-corrected chi connectivity index (χ0v) is 19.0. The van der Waals surface area contributed by atoms with Crippen molar-refractivity contribution in [3.05, 3.63) is 45.2 Å². The third-order valence-electron chi connectivity index (χ3n) is 5.80. The van der Waals surface area contributed by atoms with E-state index in [-0.39, 0.29) is 5.56 Å². The zero-order valence-electron chi connectivity index (χ0n) is 18.2. The van der Waals surface area contributed by atoms with Crippen LogP contribution in [0.3, 0.4) is 0 Å². The molecule has 0 spiro atoms. The standard InChI is InChI=1S/C23H34N4OS/c1-16-12-17(2)21-18(13-16)14-19(22(28)25-21)15-27(20-8-5-6-9-20)23(29)24-10-7-11-26(3)4/h12-14,20H,5-11,15H2,1-4H3,(H,24,29)(H,25,28). The summed E-state index contributed by atoms with van der Waals surface area (Å²) in [4.78, 5) is 20.4. The number of aryl methyl sites for hydroxylation is 2. The molecule has 0 bridgehead atoms. The van der Waals surface area contributed by atoms with E-state index in [9.17, 15) is 4.79 Å². The molecule has 29 heavy (non-hydrogen) atoms. The first-order chi connectivity index (χ1) is 13.8. The summed E-state index contributed by atoms with van der Waals surface area (Å²) in [6.07, 6.45) is 5.79. The normalized spacial score (nSPS) is 14.7. The highest BCUT2D eigenvalue weighted by Crippen LogP contribution is 2.25. The average molecular weight is 415 g/mol. The van der Waals surface area contributed by atoms with Crippen LogP contribution in [0.4, 0.5) is 0 Å². The van der Waals surface area contributed by atoms with Gasteiger partial charge in [0.05, 0.1) is 12.1 Å². The van der Waals surface area contributed by atoms with Crippen LogP contribution in [-0.4, -0.2) is 53.1 Å². The van der Waals surface area contributed by atoms with Crippen molar-refractivity contribution in [2.45, 2.75) is 58.5 Å². The molecule has 3 rings (SSSR count). The van der Waals surface area contributed by atoms with Crippen molar-refractivity contribution in [2.24, 2.45) is 0 Å². The van der Waals surface area contributed by atoms with Crippen LogP contribution in [-0.2, 0) is 6.54 Å². The number of fused-ring (bicyclic) bond motifs is 1. The van der Waals surface area contributed by atoms with Gasteiger partial charge < -0.3 is 20.1 Å². The van der Waals surface area contributed by atoms with Gasteiger partial charge in [0.15, 0.2) is 5.11 Å². The molecule has 0 saturated heterocycles. The molecule has 6 heteroatoms. The summed E-state index contributed by atoms with van der Waals surface area (Å²) < 4.78 is 0. The number of hydrogen-bond donors (Lipinski definition) is 2. The van der Waals surface area contributed by atoms with Crippen LogP contribution in [0.25, 0.3) is 10.9 Å². The van der Waals surface area contributed by atoms with Crippen molar-refractivity contribution in [1.29, 1.82) is 0 Å². The summed E-state index contributed by atoms with van der Waals surface area (Å²) in [5.74, 6) is 0. The van der Waals surface area contributed by atoms with Crippen LogP contribution in [0.5, 0.6) is 0 Å². The number of aromatic nitrogens is 1. The molecule has 1 aliphatic rings. The lowest BCUT2D eigenvalue weighted by molar-refractivity contribution is 0.301. The SMILES string of the molecule is Cc1cc(C)c2[nH]c(=O)c(CN(C(=S)NCCCN(C)C)C3CCCC3)cc2c1. The number of H-pyrrole nitrogens is 1. The van der Waals surface area contributed by atoms with Crippen molar-refractivity contribution in [1.82, 2.24) is 20.1 Å². The second-order valence-electron chi connectivity index (χ2n) is 8.62. The van der Waals surface area contributed by atoms with E-state index in [0.717, 1.165) is 59.5 Å². The van der Waals surface area contributed by atoms with E-state index in [2.05, 4.69) is 53.3 Å². The van der Waals surface area contributed by atoms with Gasteiger partial charge in [-0.2, -0.15) is 0 Å². The highest BCUT2D eigenvalue weighted by Gasteiger charge is 2.25. The second kappa shape index (κ2) is 9.72. The first-order valence-corrected chi connectivity index (χ1v) is 11.1. The maximum absolute atomic E-state index is 12.8. The molecule has 158 valence electrons. The number of thiocarbonyl (C=S) groups is 1. The number of nitrogens with zero attached hydrogens (tertiary/aromatic N) is 2. The van der Waals surface area contributed by atoms with Crippen LogP contribution >= 0.6 is 12.2 Å². The summed E-state index contributed by atoms with van der Waals surface area (Å²) in [7, 11) is 4.16. The largest absolute Gasteiger partial charge is 0.363 e. The van der Waals surface area contributed by atoms with Crippen molar-refractivity contribution in [3.8, 4) is 0 Å². The Labute approximate surface area is 179 Å². The predicted octanol–water partition coefficient (Wildman–Crippen LogP) is 3.72. The van der Waals surface area contributed by atoms with Crippen molar-refractivity contribution >= 4 is 28.2 Å². The molecule has 0 aliphatic heterocycles. The van der Waals surface area contributed by atoms with Gasteiger partial charge in [0, 0.05) is 18.2 Å². The van der Waals surface area contributed by atoms with Crippen LogP contribution in [0.1, 0.15) is 48.8 Å². The molecule has 1 aromatic carbocycles. The van der Waals surface area contributed by atoms with E-state index in [0.29, 0.717) is 12.6 Å². The lowest BCUT2D eigenvalue weighted by Crippen LogP contribution is -2.45.